The van der Waals surface area contributed by atoms with E-state index in [0.29, 0.717) is 0 Å². The first-order valence-electron chi connectivity index (χ1n) is 5.74. The van der Waals surface area contributed by atoms with Crippen molar-refractivity contribution in [1.29, 1.82) is 0 Å². The van der Waals surface area contributed by atoms with E-state index in [2.05, 4.69) is 10.5 Å². The molecule has 2 aromatic carbocycles. The number of para-hydroxylation sites is 1. The summed E-state index contributed by atoms with van der Waals surface area (Å²) in [5.74, 6) is 0. The molecule has 0 aliphatic rings. The lowest BCUT2D eigenvalue weighted by molar-refractivity contribution is 0.249. The van der Waals surface area contributed by atoms with Crippen LogP contribution in [0, 0.1) is 0 Å². The van der Waals surface area contributed by atoms with Crippen molar-refractivity contribution in [2.75, 3.05) is 0 Å². The summed E-state index contributed by atoms with van der Waals surface area (Å²) in [5.41, 5.74) is 9.61. The fourth-order valence-corrected chi connectivity index (χ4v) is 1.99. The van der Waals surface area contributed by atoms with Crippen LogP contribution < -0.4 is 11.2 Å². The monoisotopic (exact) mass is 253 g/mol. The van der Waals surface area contributed by atoms with Gasteiger partial charge in [-0.25, -0.2) is 10.2 Å². The van der Waals surface area contributed by atoms with Crippen molar-refractivity contribution in [3.63, 3.8) is 0 Å². The van der Waals surface area contributed by atoms with Crippen LogP contribution in [-0.2, 0) is 0 Å². The summed E-state index contributed by atoms with van der Waals surface area (Å²) in [4.78, 5) is 10.5. The van der Waals surface area contributed by atoms with Crippen molar-refractivity contribution < 1.29 is 9.21 Å². The topological polar surface area (TPSA) is 80.6 Å². The van der Waals surface area contributed by atoms with Gasteiger partial charge >= 0.3 is 6.03 Å². The number of rotatable bonds is 2. The number of urea groups is 1. The smallest absolute Gasteiger partial charge is 0.332 e. The molecule has 94 valence electrons. The quantitative estimate of drug-likeness (QED) is 0.543. The van der Waals surface area contributed by atoms with Crippen LogP contribution in [0.15, 0.2) is 52.0 Å². The normalized spacial score (nSPS) is 11.4. The molecule has 3 N–H and O–H groups in total. The van der Waals surface area contributed by atoms with Gasteiger partial charge in [-0.1, -0.05) is 18.2 Å². The van der Waals surface area contributed by atoms with E-state index < -0.39 is 6.03 Å². The van der Waals surface area contributed by atoms with Crippen LogP contribution in [0.2, 0.25) is 0 Å². The van der Waals surface area contributed by atoms with Crippen molar-refractivity contribution in [3.8, 4) is 0 Å². The number of carbonyl (C=O) groups excluding carboxylic acids is 1. The largest absolute Gasteiger partial charge is 0.456 e. The van der Waals surface area contributed by atoms with Gasteiger partial charge < -0.3 is 10.2 Å². The summed E-state index contributed by atoms with van der Waals surface area (Å²) in [7, 11) is 0. The van der Waals surface area contributed by atoms with Gasteiger partial charge in [0.2, 0.25) is 0 Å². The summed E-state index contributed by atoms with van der Waals surface area (Å²) in [6, 6.07) is 12.8. The number of amides is 2. The first-order valence-corrected chi connectivity index (χ1v) is 5.74. The van der Waals surface area contributed by atoms with E-state index in [1.807, 2.05) is 42.5 Å². The zero-order chi connectivity index (χ0) is 13.2. The Labute approximate surface area is 108 Å². The van der Waals surface area contributed by atoms with Gasteiger partial charge in [-0.15, -0.1) is 0 Å². The molecule has 0 saturated carbocycles. The van der Waals surface area contributed by atoms with Gasteiger partial charge in [-0.05, 0) is 29.8 Å². The summed E-state index contributed by atoms with van der Waals surface area (Å²) in [6.45, 7) is 0. The number of benzene rings is 2. The predicted octanol–water partition coefficient (Wildman–Crippen LogP) is 2.59. The Morgan fingerprint density at radius 3 is 2.79 bits per heavy atom. The van der Waals surface area contributed by atoms with E-state index >= 15 is 0 Å². The van der Waals surface area contributed by atoms with E-state index in [9.17, 15) is 4.79 Å². The average Bonchev–Trinajstić information content (AvgIpc) is 2.76. The lowest BCUT2D eigenvalue weighted by Gasteiger charge is -1.94. The lowest BCUT2D eigenvalue weighted by atomic mass is 10.1. The molecule has 0 spiro atoms. The number of hydrazone groups is 1. The van der Waals surface area contributed by atoms with Gasteiger partial charge in [0.05, 0.1) is 6.21 Å². The van der Waals surface area contributed by atoms with Crippen LogP contribution in [0.25, 0.3) is 21.9 Å². The Kier molecular flexibility index (Phi) is 2.64. The molecule has 0 radical (unpaired) electrons. The number of primary amides is 1. The maximum absolute atomic E-state index is 10.5. The highest BCUT2D eigenvalue weighted by atomic mass is 16.3. The standard InChI is InChI=1S/C14H11N3O2/c15-14(18)17-16-8-9-5-6-13-11(7-9)10-3-1-2-4-12(10)19-13/h1-8H,(H3,15,17,18)/b16-8+. The van der Waals surface area contributed by atoms with E-state index in [-0.39, 0.29) is 0 Å². The van der Waals surface area contributed by atoms with Crippen molar-refractivity contribution >= 4 is 34.2 Å². The highest BCUT2D eigenvalue weighted by Crippen LogP contribution is 2.28. The zero-order valence-electron chi connectivity index (χ0n) is 9.96. The third-order valence-electron chi connectivity index (χ3n) is 2.79. The molecule has 0 bridgehead atoms. The van der Waals surface area contributed by atoms with Gasteiger partial charge in [-0.2, -0.15) is 5.10 Å². The van der Waals surface area contributed by atoms with Crippen molar-refractivity contribution in [2.45, 2.75) is 0 Å². The number of hydrogen-bond acceptors (Lipinski definition) is 3. The van der Waals surface area contributed by atoms with E-state index in [0.717, 1.165) is 27.5 Å². The number of carbonyl (C=O) groups is 1. The van der Waals surface area contributed by atoms with Gasteiger partial charge in [0, 0.05) is 10.8 Å². The van der Waals surface area contributed by atoms with Crippen LogP contribution in [0.1, 0.15) is 5.56 Å². The van der Waals surface area contributed by atoms with Gasteiger partial charge in [0.15, 0.2) is 0 Å². The van der Waals surface area contributed by atoms with E-state index in [1.165, 1.54) is 6.21 Å². The molecular weight excluding hydrogens is 242 g/mol. The summed E-state index contributed by atoms with van der Waals surface area (Å²) in [5, 5.41) is 5.80. The average molecular weight is 253 g/mol. The van der Waals surface area contributed by atoms with Crippen LogP contribution in [0.4, 0.5) is 4.79 Å². The second-order valence-corrected chi connectivity index (χ2v) is 4.09. The molecule has 0 unspecified atom stereocenters. The minimum absolute atomic E-state index is 0.689. The molecule has 0 saturated heterocycles. The minimum atomic E-state index is -0.689. The number of nitrogens with two attached hydrogens (primary N) is 1. The SMILES string of the molecule is NC(=O)N/N=C/c1ccc2oc3ccccc3c2c1. The van der Waals surface area contributed by atoms with Crippen molar-refractivity contribution in [1.82, 2.24) is 5.43 Å². The number of hydrogen-bond donors (Lipinski definition) is 2. The summed E-state index contributed by atoms with van der Waals surface area (Å²) < 4.78 is 5.72. The van der Waals surface area contributed by atoms with Gasteiger partial charge in [0.1, 0.15) is 11.2 Å². The third-order valence-corrected chi connectivity index (χ3v) is 2.79. The Balaban J connectivity index is 2.06. The van der Waals surface area contributed by atoms with E-state index in [4.69, 9.17) is 10.2 Å². The summed E-state index contributed by atoms with van der Waals surface area (Å²) in [6.07, 6.45) is 1.53. The Morgan fingerprint density at radius 1 is 1.16 bits per heavy atom. The molecule has 5 nitrogen and oxygen atoms in total. The molecule has 0 aliphatic heterocycles. The van der Waals surface area contributed by atoms with Gasteiger partial charge in [-0.3, -0.25) is 0 Å². The molecule has 3 aromatic rings. The highest BCUT2D eigenvalue weighted by Gasteiger charge is 2.05. The second-order valence-electron chi connectivity index (χ2n) is 4.09. The lowest BCUT2D eigenvalue weighted by Crippen LogP contribution is -2.24. The maximum Gasteiger partial charge on any atom is 0.332 e. The van der Waals surface area contributed by atoms with Gasteiger partial charge in [0.25, 0.3) is 0 Å². The third kappa shape index (κ3) is 2.13. The fourth-order valence-electron chi connectivity index (χ4n) is 1.99. The number of nitrogens with zero attached hydrogens (tertiary/aromatic N) is 1. The fraction of sp³-hybridized carbons (Fsp3) is 0. The van der Waals surface area contributed by atoms with E-state index in [1.54, 1.807) is 0 Å². The number of fused-ring (bicyclic) bond motifs is 3. The first kappa shape index (κ1) is 11.3. The first-order chi connectivity index (χ1) is 9.24. The Hall–Kier alpha value is -2.82. The zero-order valence-corrected chi connectivity index (χ0v) is 9.96. The van der Waals surface area contributed by atoms with Crippen LogP contribution in [0.5, 0.6) is 0 Å². The number of furan rings is 1. The molecule has 2 amide bonds. The Bertz CT molecular complexity index is 790. The minimum Gasteiger partial charge on any atom is -0.456 e. The molecule has 19 heavy (non-hydrogen) atoms. The molecule has 1 heterocycles. The predicted molar refractivity (Wildman–Crippen MR) is 74.0 cm³/mol. The Morgan fingerprint density at radius 2 is 1.95 bits per heavy atom. The summed E-state index contributed by atoms with van der Waals surface area (Å²) >= 11 is 0. The molecule has 5 heteroatoms. The molecule has 0 fully saturated rings. The van der Waals surface area contributed by atoms with Crippen LogP contribution in [0.3, 0.4) is 0 Å². The highest BCUT2D eigenvalue weighted by molar-refractivity contribution is 6.06. The van der Waals surface area contributed by atoms with Crippen molar-refractivity contribution in [3.05, 3.63) is 48.0 Å². The molecule has 3 rings (SSSR count). The van der Waals surface area contributed by atoms with Crippen LogP contribution in [-0.4, -0.2) is 12.2 Å². The molecule has 0 atom stereocenters. The maximum atomic E-state index is 10.5. The van der Waals surface area contributed by atoms with Crippen molar-refractivity contribution in [2.24, 2.45) is 10.8 Å². The molecular formula is C14H11N3O2. The molecule has 1 aromatic heterocycles. The van der Waals surface area contributed by atoms with Crippen LogP contribution >= 0.6 is 0 Å². The molecule has 0 aliphatic carbocycles. The number of nitrogens with one attached hydrogen (secondary N) is 1. The second kappa shape index (κ2) is 4.45.